The molecule has 0 aliphatic carbocycles. The molecule has 0 bridgehead atoms. The number of likely N-dealkylation sites (tertiary alicyclic amines) is 1. The molecule has 2 aromatic carbocycles. The molecule has 1 aliphatic rings. The summed E-state index contributed by atoms with van der Waals surface area (Å²) in [5.74, 6) is 0.828. The molecule has 0 atom stereocenters. The van der Waals surface area contributed by atoms with Gasteiger partial charge in [-0.1, -0.05) is 13.8 Å². The van der Waals surface area contributed by atoms with Crippen molar-refractivity contribution in [2.24, 2.45) is 5.92 Å². The standard InChI is InChI=1S/C24H28BrN3O3S/c1-16(2)15-31-21-11-8-18(14-20(21)25)22(29)27-24(32)26-19-9-6-17(7-10-19)23(30)28-12-4-3-5-13-28/h6-11,14,16H,3-5,12-13,15H2,1-2H3,(H2,26,27,29,32). The predicted octanol–water partition coefficient (Wildman–Crippen LogP) is 5.24. The van der Waals surface area contributed by atoms with Crippen LogP contribution in [0.1, 0.15) is 53.8 Å². The second kappa shape index (κ2) is 11.4. The van der Waals surface area contributed by atoms with Gasteiger partial charge in [0.25, 0.3) is 11.8 Å². The molecule has 0 aromatic heterocycles. The minimum atomic E-state index is -0.324. The Labute approximate surface area is 202 Å². The van der Waals surface area contributed by atoms with Crippen LogP contribution in [-0.2, 0) is 0 Å². The SMILES string of the molecule is CC(C)COc1ccc(C(=O)NC(=S)Nc2ccc(C(=O)N3CCCCC3)cc2)cc1Br. The van der Waals surface area contributed by atoms with Crippen molar-refractivity contribution in [1.29, 1.82) is 0 Å². The van der Waals surface area contributed by atoms with E-state index in [1.807, 2.05) is 4.90 Å². The monoisotopic (exact) mass is 517 g/mol. The van der Waals surface area contributed by atoms with Crippen molar-refractivity contribution in [3.05, 3.63) is 58.1 Å². The summed E-state index contributed by atoms with van der Waals surface area (Å²) in [7, 11) is 0. The van der Waals surface area contributed by atoms with Crippen LogP contribution in [0.2, 0.25) is 0 Å². The molecule has 0 spiro atoms. The topological polar surface area (TPSA) is 70.7 Å². The van der Waals surface area contributed by atoms with Gasteiger partial charge < -0.3 is 15.0 Å². The highest BCUT2D eigenvalue weighted by Gasteiger charge is 2.18. The molecule has 6 nitrogen and oxygen atoms in total. The van der Waals surface area contributed by atoms with Gasteiger partial charge in [0.1, 0.15) is 5.75 Å². The molecule has 170 valence electrons. The Bertz CT molecular complexity index is 973. The Hall–Kier alpha value is -2.45. The lowest BCUT2D eigenvalue weighted by Crippen LogP contribution is -2.35. The number of ether oxygens (including phenoxy) is 1. The molecule has 0 radical (unpaired) electrons. The van der Waals surface area contributed by atoms with Gasteiger partial charge in [-0.3, -0.25) is 14.9 Å². The molecule has 1 fully saturated rings. The Kier molecular flexibility index (Phi) is 8.64. The van der Waals surface area contributed by atoms with Gasteiger partial charge in [-0.25, -0.2) is 0 Å². The van der Waals surface area contributed by atoms with Gasteiger partial charge in [-0.2, -0.15) is 0 Å². The number of hydrogen-bond donors (Lipinski definition) is 2. The van der Waals surface area contributed by atoms with E-state index < -0.39 is 0 Å². The van der Waals surface area contributed by atoms with Crippen LogP contribution in [0.25, 0.3) is 0 Å². The van der Waals surface area contributed by atoms with E-state index in [-0.39, 0.29) is 16.9 Å². The van der Waals surface area contributed by atoms with E-state index >= 15 is 0 Å². The molecule has 3 rings (SSSR count). The van der Waals surface area contributed by atoms with Crippen LogP contribution in [0, 0.1) is 5.92 Å². The van der Waals surface area contributed by atoms with Gasteiger partial charge in [0.2, 0.25) is 0 Å². The first-order chi connectivity index (χ1) is 15.3. The lowest BCUT2D eigenvalue weighted by atomic mass is 10.1. The first-order valence-corrected chi connectivity index (χ1v) is 12.0. The lowest BCUT2D eigenvalue weighted by Gasteiger charge is -2.26. The van der Waals surface area contributed by atoms with E-state index in [0.29, 0.717) is 39.6 Å². The third-order valence-corrected chi connectivity index (χ3v) is 5.85. The fourth-order valence-corrected chi connectivity index (χ4v) is 4.03. The molecule has 8 heteroatoms. The number of nitrogens with one attached hydrogen (secondary N) is 2. The predicted molar refractivity (Wildman–Crippen MR) is 134 cm³/mol. The summed E-state index contributed by atoms with van der Waals surface area (Å²) in [6.07, 6.45) is 3.30. The number of halogens is 1. The summed E-state index contributed by atoms with van der Waals surface area (Å²) < 4.78 is 6.42. The summed E-state index contributed by atoms with van der Waals surface area (Å²) in [5, 5.41) is 5.84. The first kappa shape index (κ1) is 24.2. The minimum Gasteiger partial charge on any atom is -0.492 e. The van der Waals surface area contributed by atoms with Crippen molar-refractivity contribution in [3.63, 3.8) is 0 Å². The number of piperidine rings is 1. The zero-order chi connectivity index (χ0) is 23.1. The third-order valence-electron chi connectivity index (χ3n) is 5.03. The quantitative estimate of drug-likeness (QED) is 0.512. The number of anilines is 1. The average Bonchev–Trinajstić information content (AvgIpc) is 2.78. The third kappa shape index (κ3) is 6.77. The van der Waals surface area contributed by atoms with Crippen LogP contribution >= 0.6 is 28.1 Å². The fourth-order valence-electron chi connectivity index (χ4n) is 3.33. The summed E-state index contributed by atoms with van der Waals surface area (Å²) in [4.78, 5) is 27.0. The van der Waals surface area contributed by atoms with Crippen LogP contribution in [0.4, 0.5) is 5.69 Å². The number of carbonyl (C=O) groups is 2. The number of rotatable bonds is 6. The molecule has 0 saturated carbocycles. The maximum atomic E-state index is 12.6. The Balaban J connectivity index is 1.54. The zero-order valence-corrected chi connectivity index (χ0v) is 20.7. The average molecular weight is 518 g/mol. The van der Waals surface area contributed by atoms with E-state index in [1.165, 1.54) is 6.42 Å². The van der Waals surface area contributed by atoms with E-state index in [0.717, 1.165) is 25.9 Å². The number of benzene rings is 2. The highest BCUT2D eigenvalue weighted by Crippen LogP contribution is 2.26. The normalized spacial score (nSPS) is 13.6. The van der Waals surface area contributed by atoms with Gasteiger partial charge >= 0.3 is 0 Å². The highest BCUT2D eigenvalue weighted by atomic mass is 79.9. The molecule has 2 N–H and O–H groups in total. The summed E-state index contributed by atoms with van der Waals surface area (Å²) in [6, 6.07) is 12.3. The fraction of sp³-hybridized carbons (Fsp3) is 0.375. The van der Waals surface area contributed by atoms with Crippen molar-refractivity contribution in [2.45, 2.75) is 33.1 Å². The molecule has 32 heavy (non-hydrogen) atoms. The Morgan fingerprint density at radius 2 is 1.72 bits per heavy atom. The van der Waals surface area contributed by atoms with Crippen LogP contribution in [-0.4, -0.2) is 41.5 Å². The van der Waals surface area contributed by atoms with Gasteiger partial charge in [-0.05, 0) is 95.8 Å². The molecular weight excluding hydrogens is 490 g/mol. The van der Waals surface area contributed by atoms with Gasteiger partial charge in [-0.15, -0.1) is 0 Å². The molecular formula is C24H28BrN3O3S. The lowest BCUT2D eigenvalue weighted by molar-refractivity contribution is 0.0724. The Morgan fingerprint density at radius 3 is 2.34 bits per heavy atom. The van der Waals surface area contributed by atoms with E-state index in [2.05, 4.69) is 40.4 Å². The Morgan fingerprint density at radius 1 is 1.06 bits per heavy atom. The van der Waals surface area contributed by atoms with Crippen LogP contribution in [0.3, 0.4) is 0 Å². The molecule has 1 aliphatic heterocycles. The van der Waals surface area contributed by atoms with E-state index in [4.69, 9.17) is 17.0 Å². The maximum absolute atomic E-state index is 12.6. The molecule has 1 saturated heterocycles. The van der Waals surface area contributed by atoms with Gasteiger partial charge in [0.05, 0.1) is 11.1 Å². The molecule has 2 amide bonds. The van der Waals surface area contributed by atoms with Crippen LogP contribution in [0.5, 0.6) is 5.75 Å². The second-order valence-electron chi connectivity index (χ2n) is 8.19. The second-order valence-corrected chi connectivity index (χ2v) is 9.45. The van der Waals surface area contributed by atoms with Crippen molar-refractivity contribution < 1.29 is 14.3 Å². The van der Waals surface area contributed by atoms with Crippen molar-refractivity contribution in [1.82, 2.24) is 10.2 Å². The number of nitrogens with zero attached hydrogens (tertiary/aromatic N) is 1. The van der Waals surface area contributed by atoms with Crippen LogP contribution in [0.15, 0.2) is 46.9 Å². The largest absolute Gasteiger partial charge is 0.492 e. The van der Waals surface area contributed by atoms with Crippen molar-refractivity contribution in [3.8, 4) is 5.75 Å². The molecule has 1 heterocycles. The summed E-state index contributed by atoms with van der Waals surface area (Å²) in [5.41, 5.74) is 1.81. The number of thiocarbonyl (C=S) groups is 1. The molecule has 0 unspecified atom stereocenters. The maximum Gasteiger partial charge on any atom is 0.257 e. The molecule has 2 aromatic rings. The van der Waals surface area contributed by atoms with Crippen LogP contribution < -0.4 is 15.4 Å². The van der Waals surface area contributed by atoms with Crippen molar-refractivity contribution >= 4 is 50.8 Å². The number of carbonyl (C=O) groups excluding carboxylic acids is 2. The van der Waals surface area contributed by atoms with Gasteiger partial charge in [0, 0.05) is 29.9 Å². The van der Waals surface area contributed by atoms with E-state index in [1.54, 1.807) is 42.5 Å². The number of hydrogen-bond acceptors (Lipinski definition) is 4. The first-order valence-electron chi connectivity index (χ1n) is 10.8. The summed E-state index contributed by atoms with van der Waals surface area (Å²) >= 11 is 8.72. The van der Waals surface area contributed by atoms with Gasteiger partial charge in [0.15, 0.2) is 5.11 Å². The summed E-state index contributed by atoms with van der Waals surface area (Å²) in [6.45, 7) is 6.37. The zero-order valence-electron chi connectivity index (χ0n) is 18.3. The smallest absolute Gasteiger partial charge is 0.257 e. The number of amides is 2. The van der Waals surface area contributed by atoms with E-state index in [9.17, 15) is 9.59 Å². The highest BCUT2D eigenvalue weighted by molar-refractivity contribution is 9.10. The van der Waals surface area contributed by atoms with Crippen molar-refractivity contribution in [2.75, 3.05) is 25.0 Å². The minimum absolute atomic E-state index is 0.0542.